The van der Waals surface area contributed by atoms with Gasteiger partial charge in [-0.1, -0.05) is 38.1 Å². The van der Waals surface area contributed by atoms with E-state index in [1.54, 1.807) is 6.07 Å². The SMILES string of the molecule is CNC(=O)C1CC(C(=O)N(C)[C@@H](c2ccc(N[C@H]3Cc4ccccc4C3(C)C)cn2)C(F)(F)F)C1. The zero-order valence-corrected chi connectivity index (χ0v) is 20.3. The molecule has 35 heavy (non-hydrogen) atoms. The molecule has 1 saturated carbocycles. The maximum atomic E-state index is 14.0. The maximum absolute atomic E-state index is 14.0. The summed E-state index contributed by atoms with van der Waals surface area (Å²) in [5.74, 6) is -1.75. The van der Waals surface area contributed by atoms with Crippen molar-refractivity contribution >= 4 is 17.5 Å². The molecular formula is C26H31F3N4O2. The van der Waals surface area contributed by atoms with Crippen molar-refractivity contribution in [3.05, 3.63) is 59.4 Å². The summed E-state index contributed by atoms with van der Waals surface area (Å²) in [6.07, 6.45) is -1.97. The first-order chi connectivity index (χ1) is 16.4. The third-order valence-corrected chi connectivity index (χ3v) is 7.56. The molecule has 0 saturated heterocycles. The number of hydrogen-bond donors (Lipinski definition) is 2. The van der Waals surface area contributed by atoms with Gasteiger partial charge < -0.3 is 15.5 Å². The second-order valence-corrected chi connectivity index (χ2v) is 10.1. The van der Waals surface area contributed by atoms with Crippen LogP contribution >= 0.6 is 0 Å². The Labute approximate surface area is 203 Å². The normalized spacial score (nSPS) is 23.6. The van der Waals surface area contributed by atoms with Crippen LogP contribution in [0, 0.1) is 11.8 Å². The van der Waals surface area contributed by atoms with E-state index in [1.807, 2.05) is 12.1 Å². The van der Waals surface area contributed by atoms with E-state index in [1.165, 1.54) is 30.4 Å². The van der Waals surface area contributed by atoms with Crippen LogP contribution in [-0.4, -0.2) is 48.0 Å². The van der Waals surface area contributed by atoms with Crippen LogP contribution in [-0.2, 0) is 21.4 Å². The van der Waals surface area contributed by atoms with E-state index in [4.69, 9.17) is 0 Å². The van der Waals surface area contributed by atoms with E-state index < -0.39 is 24.0 Å². The standard InChI is InChI=1S/C26H31F3N4O2/c1-25(2)19-8-6-5-7-15(19)13-21(25)32-18-9-10-20(31-14-18)22(26(27,28)29)33(4)24(35)17-11-16(12-17)23(34)30-3/h5-10,14,16-17,21-22,32H,11-13H2,1-4H3,(H,30,34)/t16?,17?,21-,22-/m0/s1. The van der Waals surface area contributed by atoms with Crippen molar-refractivity contribution in [2.75, 3.05) is 19.4 Å². The van der Waals surface area contributed by atoms with E-state index >= 15 is 0 Å². The number of carbonyl (C=O) groups is 2. The van der Waals surface area contributed by atoms with Crippen molar-refractivity contribution in [3.8, 4) is 0 Å². The molecule has 6 nitrogen and oxygen atoms in total. The van der Waals surface area contributed by atoms with Gasteiger partial charge in [0.25, 0.3) is 0 Å². The monoisotopic (exact) mass is 488 g/mol. The van der Waals surface area contributed by atoms with Crippen LogP contribution in [0.1, 0.15) is 49.6 Å². The molecule has 1 heterocycles. The number of nitrogens with one attached hydrogen (secondary N) is 2. The molecule has 1 aromatic heterocycles. The highest BCUT2D eigenvalue weighted by atomic mass is 19.4. The van der Waals surface area contributed by atoms with Crippen molar-refractivity contribution < 1.29 is 22.8 Å². The van der Waals surface area contributed by atoms with Gasteiger partial charge in [-0.05, 0) is 42.5 Å². The number of carbonyl (C=O) groups excluding carboxylic acids is 2. The molecule has 4 rings (SSSR count). The molecule has 0 spiro atoms. The number of pyridine rings is 1. The quantitative estimate of drug-likeness (QED) is 0.638. The van der Waals surface area contributed by atoms with Crippen molar-refractivity contribution in [1.82, 2.24) is 15.2 Å². The van der Waals surface area contributed by atoms with Gasteiger partial charge in [0.05, 0.1) is 17.6 Å². The number of fused-ring (bicyclic) bond motifs is 1. The van der Waals surface area contributed by atoms with Gasteiger partial charge in [-0.2, -0.15) is 13.2 Å². The molecule has 2 aromatic rings. The molecule has 2 amide bonds. The lowest BCUT2D eigenvalue weighted by Crippen LogP contribution is -2.48. The van der Waals surface area contributed by atoms with Gasteiger partial charge in [-0.15, -0.1) is 0 Å². The molecule has 2 atom stereocenters. The van der Waals surface area contributed by atoms with Crippen molar-refractivity contribution in [2.24, 2.45) is 11.8 Å². The fraction of sp³-hybridized carbons (Fsp3) is 0.500. The molecule has 0 aliphatic heterocycles. The molecule has 188 valence electrons. The van der Waals surface area contributed by atoms with Crippen LogP contribution in [0.15, 0.2) is 42.6 Å². The van der Waals surface area contributed by atoms with Crippen LogP contribution in [0.2, 0.25) is 0 Å². The number of halogens is 3. The van der Waals surface area contributed by atoms with E-state index in [-0.39, 0.29) is 41.8 Å². The maximum Gasteiger partial charge on any atom is 0.414 e. The number of rotatable bonds is 6. The van der Waals surface area contributed by atoms with Gasteiger partial charge in [0, 0.05) is 37.4 Å². The smallest absolute Gasteiger partial charge is 0.380 e. The summed E-state index contributed by atoms with van der Waals surface area (Å²) in [4.78, 5) is 29.3. The van der Waals surface area contributed by atoms with Crippen LogP contribution < -0.4 is 10.6 Å². The average Bonchev–Trinajstić information content (AvgIpc) is 3.02. The van der Waals surface area contributed by atoms with Crippen LogP contribution in [0.4, 0.5) is 18.9 Å². The predicted molar refractivity (Wildman–Crippen MR) is 127 cm³/mol. The molecule has 1 aromatic carbocycles. The molecule has 0 radical (unpaired) electrons. The number of anilines is 1. The summed E-state index contributed by atoms with van der Waals surface area (Å²) in [7, 11) is 2.65. The molecule has 2 aliphatic carbocycles. The molecule has 0 bridgehead atoms. The van der Waals surface area contributed by atoms with Gasteiger partial charge in [0.1, 0.15) is 0 Å². The fourth-order valence-corrected chi connectivity index (χ4v) is 5.31. The highest BCUT2D eigenvalue weighted by Gasteiger charge is 2.49. The van der Waals surface area contributed by atoms with Crippen molar-refractivity contribution in [2.45, 2.75) is 56.8 Å². The molecule has 0 unspecified atom stereocenters. The molecule has 2 aliphatic rings. The fourth-order valence-electron chi connectivity index (χ4n) is 5.31. The summed E-state index contributed by atoms with van der Waals surface area (Å²) >= 11 is 0. The number of aromatic nitrogens is 1. The van der Waals surface area contributed by atoms with Gasteiger partial charge in [-0.25, -0.2) is 0 Å². The van der Waals surface area contributed by atoms with Gasteiger partial charge in [0.15, 0.2) is 6.04 Å². The average molecular weight is 489 g/mol. The van der Waals surface area contributed by atoms with Crippen LogP contribution in [0.3, 0.4) is 0 Å². The highest BCUT2D eigenvalue weighted by molar-refractivity contribution is 5.85. The van der Waals surface area contributed by atoms with E-state index in [2.05, 4.69) is 41.6 Å². The van der Waals surface area contributed by atoms with Crippen LogP contribution in [0.5, 0.6) is 0 Å². The Kier molecular flexibility index (Phi) is 6.55. The van der Waals surface area contributed by atoms with Gasteiger partial charge >= 0.3 is 6.18 Å². The van der Waals surface area contributed by atoms with E-state index in [9.17, 15) is 22.8 Å². The molecule has 9 heteroatoms. The Morgan fingerprint density at radius 1 is 1.11 bits per heavy atom. The number of nitrogens with zero attached hydrogens (tertiary/aromatic N) is 2. The summed E-state index contributed by atoms with van der Waals surface area (Å²) < 4.78 is 42.1. The van der Waals surface area contributed by atoms with Gasteiger partial charge in [0.2, 0.25) is 11.8 Å². The predicted octanol–water partition coefficient (Wildman–Crippen LogP) is 4.23. The first-order valence-corrected chi connectivity index (χ1v) is 11.8. The number of hydrogen-bond acceptors (Lipinski definition) is 4. The summed E-state index contributed by atoms with van der Waals surface area (Å²) in [5.41, 5.74) is 2.75. The van der Waals surface area contributed by atoms with E-state index in [0.717, 1.165) is 18.4 Å². The lowest BCUT2D eigenvalue weighted by molar-refractivity contribution is -0.193. The Morgan fingerprint density at radius 2 is 1.80 bits per heavy atom. The molecule has 1 fully saturated rings. The zero-order valence-electron chi connectivity index (χ0n) is 20.3. The molecular weight excluding hydrogens is 457 g/mol. The summed E-state index contributed by atoms with van der Waals surface area (Å²) in [5, 5.41) is 5.94. The second kappa shape index (κ2) is 9.17. The number of amides is 2. The number of alkyl halides is 3. The number of benzene rings is 1. The van der Waals surface area contributed by atoms with E-state index in [0.29, 0.717) is 5.69 Å². The summed E-state index contributed by atoms with van der Waals surface area (Å²) in [6.45, 7) is 4.29. The van der Waals surface area contributed by atoms with Crippen molar-refractivity contribution in [1.29, 1.82) is 0 Å². The lowest BCUT2D eigenvalue weighted by atomic mass is 9.73. The minimum atomic E-state index is -4.69. The largest absolute Gasteiger partial charge is 0.414 e. The van der Waals surface area contributed by atoms with Crippen LogP contribution in [0.25, 0.3) is 0 Å². The first-order valence-electron chi connectivity index (χ1n) is 11.8. The highest BCUT2D eigenvalue weighted by Crippen LogP contribution is 2.42. The van der Waals surface area contributed by atoms with Gasteiger partial charge in [-0.3, -0.25) is 14.6 Å². The Bertz CT molecular complexity index is 1090. The Balaban J connectivity index is 1.47. The Morgan fingerprint density at radius 3 is 2.37 bits per heavy atom. The van der Waals surface area contributed by atoms with Crippen molar-refractivity contribution in [3.63, 3.8) is 0 Å². The lowest BCUT2D eigenvalue weighted by Gasteiger charge is -2.38. The zero-order chi connectivity index (χ0) is 25.5. The third kappa shape index (κ3) is 4.73. The molecule has 2 N–H and O–H groups in total. The summed E-state index contributed by atoms with van der Waals surface area (Å²) in [6, 6.07) is 9.05. The Hall–Kier alpha value is -3.10. The third-order valence-electron chi connectivity index (χ3n) is 7.56. The second-order valence-electron chi connectivity index (χ2n) is 10.1. The first kappa shape index (κ1) is 25.0. The minimum Gasteiger partial charge on any atom is -0.380 e. The minimum absolute atomic E-state index is 0.0714. The topological polar surface area (TPSA) is 74.3 Å².